The molecule has 0 saturated carbocycles. The van der Waals surface area contributed by atoms with Crippen LogP contribution in [0.3, 0.4) is 0 Å². The van der Waals surface area contributed by atoms with E-state index in [1.807, 2.05) is 0 Å². The highest BCUT2D eigenvalue weighted by atomic mass is 16.5. The average molecular weight is 278 g/mol. The van der Waals surface area contributed by atoms with Crippen LogP contribution in [0.1, 0.15) is 25.5 Å². The Bertz CT molecular complexity index is 476. The van der Waals surface area contributed by atoms with Gasteiger partial charge in [-0.25, -0.2) is 0 Å². The molecule has 1 fully saturated rings. The van der Waals surface area contributed by atoms with Gasteiger partial charge in [0.25, 0.3) is 0 Å². The Morgan fingerprint density at radius 1 is 1.45 bits per heavy atom. The molecule has 1 aliphatic rings. The lowest BCUT2D eigenvalue weighted by Crippen LogP contribution is -2.37. The number of piperidine rings is 1. The van der Waals surface area contributed by atoms with E-state index in [1.165, 1.54) is 0 Å². The number of aromatic nitrogens is 1. The number of ketones is 1. The van der Waals surface area contributed by atoms with Gasteiger partial charge >= 0.3 is 0 Å². The minimum atomic E-state index is 0.153. The summed E-state index contributed by atoms with van der Waals surface area (Å²) in [4.78, 5) is 18.2. The van der Waals surface area contributed by atoms with E-state index in [0.29, 0.717) is 18.0 Å². The van der Waals surface area contributed by atoms with Gasteiger partial charge in [-0.05, 0) is 26.3 Å². The van der Waals surface area contributed by atoms with Crippen molar-refractivity contribution in [3.8, 4) is 11.5 Å². The molecular weight excluding hydrogens is 256 g/mol. The van der Waals surface area contributed by atoms with Crippen LogP contribution in [0.5, 0.6) is 11.5 Å². The number of rotatable bonds is 5. The van der Waals surface area contributed by atoms with Crippen LogP contribution < -0.4 is 9.47 Å². The molecule has 1 atom stereocenters. The van der Waals surface area contributed by atoms with Crippen LogP contribution in [-0.4, -0.2) is 43.0 Å². The van der Waals surface area contributed by atoms with Crippen LogP contribution in [0.2, 0.25) is 0 Å². The fourth-order valence-electron chi connectivity index (χ4n) is 2.71. The third kappa shape index (κ3) is 3.28. The Labute approximate surface area is 119 Å². The number of hydrogen-bond donors (Lipinski definition) is 0. The van der Waals surface area contributed by atoms with Crippen LogP contribution in [0.4, 0.5) is 0 Å². The van der Waals surface area contributed by atoms with Crippen LogP contribution in [0, 0.1) is 5.92 Å². The van der Waals surface area contributed by atoms with Gasteiger partial charge < -0.3 is 9.47 Å². The summed E-state index contributed by atoms with van der Waals surface area (Å²) in [5, 5.41) is 0. The van der Waals surface area contributed by atoms with E-state index in [1.54, 1.807) is 33.4 Å². The second-order valence-corrected chi connectivity index (χ2v) is 5.18. The lowest BCUT2D eigenvalue weighted by atomic mass is 9.94. The molecule has 0 aromatic carbocycles. The van der Waals surface area contributed by atoms with Gasteiger partial charge in [0.05, 0.1) is 14.2 Å². The van der Waals surface area contributed by atoms with Gasteiger partial charge in [0, 0.05) is 31.3 Å². The molecular formula is C15H22N2O3. The van der Waals surface area contributed by atoms with Crippen LogP contribution in [0.25, 0.3) is 0 Å². The Hall–Kier alpha value is -1.62. The topological polar surface area (TPSA) is 51.7 Å². The first-order chi connectivity index (χ1) is 9.65. The number of methoxy groups -OCH3 is 2. The first kappa shape index (κ1) is 14.8. The minimum absolute atomic E-state index is 0.153. The van der Waals surface area contributed by atoms with Crippen molar-refractivity contribution in [2.75, 3.05) is 27.3 Å². The summed E-state index contributed by atoms with van der Waals surface area (Å²) in [6.45, 7) is 4.16. The van der Waals surface area contributed by atoms with Crippen molar-refractivity contribution >= 4 is 5.78 Å². The standard InChI is InChI=1S/C15H22N2O3/c1-11(18)12-5-4-8-17(9-12)10-13-15(20-3)14(19-2)6-7-16-13/h6-7,12H,4-5,8-10H2,1-3H3. The number of Topliss-reactive ketones (excluding diaryl/α,β-unsaturated/α-hetero) is 1. The third-order valence-electron chi connectivity index (χ3n) is 3.82. The zero-order chi connectivity index (χ0) is 14.5. The molecule has 1 aromatic heterocycles. The first-order valence-corrected chi connectivity index (χ1v) is 6.94. The first-order valence-electron chi connectivity index (χ1n) is 6.94. The largest absolute Gasteiger partial charge is 0.493 e. The second-order valence-electron chi connectivity index (χ2n) is 5.18. The van der Waals surface area contributed by atoms with E-state index in [-0.39, 0.29) is 11.7 Å². The van der Waals surface area contributed by atoms with E-state index in [4.69, 9.17) is 9.47 Å². The van der Waals surface area contributed by atoms with E-state index >= 15 is 0 Å². The third-order valence-corrected chi connectivity index (χ3v) is 3.82. The molecule has 110 valence electrons. The number of carbonyl (C=O) groups is 1. The fraction of sp³-hybridized carbons (Fsp3) is 0.600. The van der Waals surface area contributed by atoms with Gasteiger partial charge in [-0.15, -0.1) is 0 Å². The summed E-state index contributed by atoms with van der Waals surface area (Å²) >= 11 is 0. The monoisotopic (exact) mass is 278 g/mol. The van der Waals surface area contributed by atoms with Crippen molar-refractivity contribution in [2.45, 2.75) is 26.3 Å². The predicted octanol–water partition coefficient (Wildman–Crippen LogP) is 1.90. The summed E-state index contributed by atoms with van der Waals surface area (Å²) < 4.78 is 10.7. The van der Waals surface area contributed by atoms with Gasteiger partial charge in [-0.1, -0.05) is 0 Å². The van der Waals surface area contributed by atoms with E-state index in [0.717, 1.165) is 31.6 Å². The zero-order valence-electron chi connectivity index (χ0n) is 12.4. The average Bonchev–Trinajstić information content (AvgIpc) is 2.47. The molecule has 2 heterocycles. The molecule has 1 aromatic rings. The molecule has 5 heteroatoms. The van der Waals surface area contributed by atoms with Gasteiger partial charge in [0.15, 0.2) is 11.5 Å². The van der Waals surface area contributed by atoms with Crippen molar-refractivity contribution in [1.29, 1.82) is 0 Å². The van der Waals surface area contributed by atoms with E-state index < -0.39 is 0 Å². The van der Waals surface area contributed by atoms with Gasteiger partial charge in [0.2, 0.25) is 0 Å². The maximum Gasteiger partial charge on any atom is 0.183 e. The molecule has 1 unspecified atom stereocenters. The summed E-state index contributed by atoms with van der Waals surface area (Å²) in [5.41, 5.74) is 0.857. The highest BCUT2D eigenvalue weighted by Gasteiger charge is 2.24. The van der Waals surface area contributed by atoms with Crippen molar-refractivity contribution in [3.05, 3.63) is 18.0 Å². The molecule has 0 spiro atoms. The van der Waals surface area contributed by atoms with E-state index in [9.17, 15) is 4.79 Å². The Balaban J connectivity index is 2.11. The molecule has 0 amide bonds. The summed E-state index contributed by atoms with van der Waals surface area (Å²) in [5.74, 6) is 1.80. The molecule has 1 saturated heterocycles. The quantitative estimate of drug-likeness (QED) is 0.823. The Kier molecular flexibility index (Phi) is 4.95. The normalized spacial score (nSPS) is 19.6. The smallest absolute Gasteiger partial charge is 0.183 e. The number of nitrogens with zero attached hydrogens (tertiary/aromatic N) is 2. The van der Waals surface area contributed by atoms with E-state index in [2.05, 4.69) is 9.88 Å². The maximum atomic E-state index is 11.5. The molecule has 0 bridgehead atoms. The lowest BCUT2D eigenvalue weighted by Gasteiger charge is -2.31. The number of hydrogen-bond acceptors (Lipinski definition) is 5. The minimum Gasteiger partial charge on any atom is -0.493 e. The van der Waals surface area contributed by atoms with Crippen LogP contribution in [-0.2, 0) is 11.3 Å². The summed E-state index contributed by atoms with van der Waals surface area (Å²) in [6.07, 6.45) is 3.77. The molecule has 5 nitrogen and oxygen atoms in total. The number of likely N-dealkylation sites (tertiary alicyclic amines) is 1. The second kappa shape index (κ2) is 6.70. The molecule has 0 N–H and O–H groups in total. The number of ether oxygens (including phenoxy) is 2. The van der Waals surface area contributed by atoms with Gasteiger partial charge in [0.1, 0.15) is 11.5 Å². The maximum absolute atomic E-state index is 11.5. The number of pyridine rings is 1. The Morgan fingerprint density at radius 3 is 2.90 bits per heavy atom. The van der Waals surface area contributed by atoms with Crippen molar-refractivity contribution in [3.63, 3.8) is 0 Å². The molecule has 0 aliphatic carbocycles. The van der Waals surface area contributed by atoms with Crippen molar-refractivity contribution < 1.29 is 14.3 Å². The number of carbonyl (C=O) groups excluding carboxylic acids is 1. The lowest BCUT2D eigenvalue weighted by molar-refractivity contribution is -0.122. The highest BCUT2D eigenvalue weighted by Crippen LogP contribution is 2.30. The van der Waals surface area contributed by atoms with Crippen molar-refractivity contribution in [2.24, 2.45) is 5.92 Å². The SMILES string of the molecule is COc1ccnc(CN2CCCC(C(C)=O)C2)c1OC. The zero-order valence-corrected chi connectivity index (χ0v) is 12.4. The molecule has 0 radical (unpaired) electrons. The highest BCUT2D eigenvalue weighted by molar-refractivity contribution is 5.78. The predicted molar refractivity (Wildman–Crippen MR) is 76.0 cm³/mol. The van der Waals surface area contributed by atoms with Crippen LogP contribution in [0.15, 0.2) is 12.3 Å². The fourth-order valence-corrected chi connectivity index (χ4v) is 2.71. The summed E-state index contributed by atoms with van der Waals surface area (Å²) in [7, 11) is 3.24. The Morgan fingerprint density at radius 2 is 2.25 bits per heavy atom. The van der Waals surface area contributed by atoms with Crippen molar-refractivity contribution in [1.82, 2.24) is 9.88 Å². The summed E-state index contributed by atoms with van der Waals surface area (Å²) in [6, 6.07) is 1.79. The van der Waals surface area contributed by atoms with Gasteiger partial charge in [-0.3, -0.25) is 14.7 Å². The molecule has 20 heavy (non-hydrogen) atoms. The van der Waals surface area contributed by atoms with Crippen LogP contribution >= 0.6 is 0 Å². The molecule has 1 aliphatic heterocycles. The van der Waals surface area contributed by atoms with Gasteiger partial charge in [-0.2, -0.15) is 0 Å². The molecule has 2 rings (SSSR count).